The molecule has 5 rings (SSSR count). The molecule has 0 saturated heterocycles. The maximum absolute atomic E-state index is 14.7. The molecule has 1 fully saturated rings. The van der Waals surface area contributed by atoms with Crippen LogP contribution in [-0.4, -0.2) is 76.9 Å². The molecule has 3 aromatic carbocycles. The van der Waals surface area contributed by atoms with E-state index in [1.807, 2.05) is 67.3 Å². The second-order valence-corrected chi connectivity index (χ2v) is 13.0. The van der Waals surface area contributed by atoms with Crippen LogP contribution in [0.4, 0.5) is 0 Å². The van der Waals surface area contributed by atoms with Crippen LogP contribution in [0, 0.1) is 13.8 Å². The summed E-state index contributed by atoms with van der Waals surface area (Å²) >= 11 is 6.72. The summed E-state index contributed by atoms with van der Waals surface area (Å²) in [5, 5.41) is 4.22. The van der Waals surface area contributed by atoms with E-state index in [9.17, 15) is 4.79 Å². The third kappa shape index (κ3) is 9.61. The molecule has 0 radical (unpaired) electrons. The van der Waals surface area contributed by atoms with E-state index in [1.54, 1.807) is 14.2 Å². The molecule has 1 heterocycles. The maximum atomic E-state index is 14.7. The minimum atomic E-state index is -0.272. The molecule has 3 aromatic rings. The summed E-state index contributed by atoms with van der Waals surface area (Å²) < 4.78 is 28.2. The van der Waals surface area contributed by atoms with Crippen molar-refractivity contribution >= 4 is 23.1 Å². The van der Waals surface area contributed by atoms with Crippen molar-refractivity contribution in [3.63, 3.8) is 0 Å². The van der Waals surface area contributed by atoms with Crippen LogP contribution < -0.4 is 14.8 Å². The lowest BCUT2D eigenvalue weighted by Crippen LogP contribution is -2.47. The number of ether oxygens (including phenoxy) is 5. The Morgan fingerprint density at radius 2 is 1.69 bits per heavy atom. The maximum Gasteiger partial charge on any atom is 0.252 e. The van der Waals surface area contributed by atoms with Crippen molar-refractivity contribution in [1.82, 2.24) is 10.2 Å². The Balaban J connectivity index is 1.35. The summed E-state index contributed by atoms with van der Waals surface area (Å²) in [5.74, 6) is 1.69. The van der Waals surface area contributed by atoms with Crippen molar-refractivity contribution < 1.29 is 28.5 Å². The van der Waals surface area contributed by atoms with Crippen molar-refractivity contribution in [3.05, 3.63) is 99.1 Å². The van der Waals surface area contributed by atoms with Gasteiger partial charge in [-0.05, 0) is 104 Å². The molecular formula is C39H49ClN2O6. The Labute approximate surface area is 290 Å². The van der Waals surface area contributed by atoms with Gasteiger partial charge in [0.25, 0.3) is 5.91 Å². The fourth-order valence-corrected chi connectivity index (χ4v) is 6.46. The first-order valence-electron chi connectivity index (χ1n) is 16.9. The number of carbonyl (C=O) groups excluding carboxylic acids is 1. The SMILES string of the molecule is COCCCc1ccc(Cl)c(CN(C(=O)C2=C(c3ccc(OCCOc4c(C)cccc4C)cc3)CCN[C@@H]2COCOC)C2CC2)c1. The number of para-hydroxylation sites is 1. The summed E-state index contributed by atoms with van der Waals surface area (Å²) in [6.07, 6.45) is 4.51. The standard InChI is InChI=1S/C39H49ClN2O6/c1-27-7-5-8-28(2)38(27)48-22-21-47-33-15-11-30(12-16-33)34-18-19-41-36(25-46-26-45-4)37(34)39(43)42(32-13-14-32)24-31-23-29(9-6-20-44-3)10-17-35(31)40/h5,7-8,10-12,15-17,23,32,36,41H,6,9,13-14,18-22,24-26H2,1-4H3/t36-/m1/s1. The van der Waals surface area contributed by atoms with E-state index in [4.69, 9.17) is 35.3 Å². The summed E-state index contributed by atoms with van der Waals surface area (Å²) in [6, 6.07) is 20.2. The number of benzene rings is 3. The van der Waals surface area contributed by atoms with E-state index >= 15 is 0 Å². The number of amides is 1. The minimum Gasteiger partial charge on any atom is -0.490 e. The average molecular weight is 677 g/mol. The Hall–Kier alpha value is -3.40. The van der Waals surface area contributed by atoms with E-state index < -0.39 is 0 Å². The van der Waals surface area contributed by atoms with Gasteiger partial charge in [0.1, 0.15) is 31.5 Å². The first-order chi connectivity index (χ1) is 23.4. The third-order valence-electron chi connectivity index (χ3n) is 8.88. The fraction of sp³-hybridized carbons (Fsp3) is 0.462. The van der Waals surface area contributed by atoms with E-state index in [-0.39, 0.29) is 24.8 Å². The van der Waals surface area contributed by atoms with Crippen molar-refractivity contribution in [1.29, 1.82) is 0 Å². The van der Waals surface area contributed by atoms with E-state index in [2.05, 4.69) is 17.4 Å². The lowest BCUT2D eigenvalue weighted by Gasteiger charge is -2.33. The smallest absolute Gasteiger partial charge is 0.252 e. The highest BCUT2D eigenvalue weighted by Crippen LogP contribution is 2.36. The predicted molar refractivity (Wildman–Crippen MR) is 190 cm³/mol. The van der Waals surface area contributed by atoms with Gasteiger partial charge in [0.05, 0.1) is 12.6 Å². The minimum absolute atomic E-state index is 0.0237. The van der Waals surface area contributed by atoms with Crippen LogP contribution in [-0.2, 0) is 32.0 Å². The molecule has 2 aliphatic rings. The molecular weight excluding hydrogens is 628 g/mol. The molecule has 0 unspecified atom stereocenters. The van der Waals surface area contributed by atoms with Crippen molar-refractivity contribution in [2.45, 2.75) is 64.6 Å². The number of rotatable bonds is 18. The molecule has 258 valence electrons. The van der Waals surface area contributed by atoms with Gasteiger partial charge in [0, 0.05) is 44.0 Å². The zero-order valence-corrected chi connectivity index (χ0v) is 29.4. The van der Waals surface area contributed by atoms with Crippen LogP contribution in [0.3, 0.4) is 0 Å². The van der Waals surface area contributed by atoms with Crippen LogP contribution >= 0.6 is 11.6 Å². The molecule has 1 N–H and O–H groups in total. The average Bonchev–Trinajstić information content (AvgIpc) is 3.93. The van der Waals surface area contributed by atoms with Gasteiger partial charge >= 0.3 is 0 Å². The molecule has 0 bridgehead atoms. The van der Waals surface area contributed by atoms with E-state index in [1.165, 1.54) is 5.56 Å². The number of hydrogen-bond donors (Lipinski definition) is 1. The quantitative estimate of drug-likeness (QED) is 0.116. The van der Waals surface area contributed by atoms with Crippen LogP contribution in [0.25, 0.3) is 5.57 Å². The summed E-state index contributed by atoms with van der Waals surface area (Å²) in [6.45, 7) is 7.35. The molecule has 1 amide bonds. The molecule has 1 atom stereocenters. The second-order valence-electron chi connectivity index (χ2n) is 12.6. The first-order valence-corrected chi connectivity index (χ1v) is 17.3. The number of carbonyl (C=O) groups is 1. The summed E-state index contributed by atoms with van der Waals surface area (Å²) in [4.78, 5) is 16.7. The topological polar surface area (TPSA) is 78.5 Å². The van der Waals surface area contributed by atoms with Crippen molar-refractivity contribution in [3.8, 4) is 11.5 Å². The van der Waals surface area contributed by atoms with Gasteiger partial charge in [0.2, 0.25) is 0 Å². The molecule has 48 heavy (non-hydrogen) atoms. The number of nitrogens with zero attached hydrogens (tertiary/aromatic N) is 1. The Morgan fingerprint density at radius 3 is 2.40 bits per heavy atom. The molecule has 1 aliphatic carbocycles. The van der Waals surface area contributed by atoms with Gasteiger partial charge in [-0.15, -0.1) is 0 Å². The monoisotopic (exact) mass is 676 g/mol. The van der Waals surface area contributed by atoms with Gasteiger partial charge in [-0.25, -0.2) is 0 Å². The Bertz CT molecular complexity index is 1520. The number of halogens is 1. The van der Waals surface area contributed by atoms with Crippen molar-refractivity contribution in [2.75, 3.05) is 54.0 Å². The van der Waals surface area contributed by atoms with Gasteiger partial charge < -0.3 is 33.9 Å². The highest BCUT2D eigenvalue weighted by Gasteiger charge is 2.38. The Morgan fingerprint density at radius 1 is 0.938 bits per heavy atom. The number of hydrogen-bond acceptors (Lipinski definition) is 7. The van der Waals surface area contributed by atoms with Crippen LogP contribution in [0.5, 0.6) is 11.5 Å². The second kappa shape index (κ2) is 17.8. The van der Waals surface area contributed by atoms with E-state index in [0.717, 1.165) is 83.5 Å². The molecule has 8 nitrogen and oxygen atoms in total. The van der Waals surface area contributed by atoms with Gasteiger partial charge in [-0.3, -0.25) is 4.79 Å². The van der Waals surface area contributed by atoms with Crippen LogP contribution in [0.15, 0.2) is 66.2 Å². The highest BCUT2D eigenvalue weighted by molar-refractivity contribution is 6.31. The molecule has 0 spiro atoms. The van der Waals surface area contributed by atoms with Gasteiger partial charge in [0.15, 0.2) is 0 Å². The molecule has 1 aliphatic heterocycles. The highest BCUT2D eigenvalue weighted by atomic mass is 35.5. The zero-order chi connectivity index (χ0) is 33.9. The fourth-order valence-electron chi connectivity index (χ4n) is 6.29. The summed E-state index contributed by atoms with van der Waals surface area (Å²) in [7, 11) is 3.32. The largest absolute Gasteiger partial charge is 0.490 e. The molecule has 1 saturated carbocycles. The Kier molecular flexibility index (Phi) is 13.3. The molecule has 0 aromatic heterocycles. The predicted octanol–water partition coefficient (Wildman–Crippen LogP) is 6.92. The van der Waals surface area contributed by atoms with Crippen LogP contribution in [0.1, 0.15) is 53.5 Å². The number of methoxy groups -OCH3 is 2. The van der Waals surface area contributed by atoms with Gasteiger partial charge in [-0.2, -0.15) is 0 Å². The molecule has 9 heteroatoms. The first kappa shape index (κ1) is 35.9. The van der Waals surface area contributed by atoms with Crippen molar-refractivity contribution in [2.24, 2.45) is 0 Å². The normalized spacial score (nSPS) is 16.2. The lowest BCUT2D eigenvalue weighted by molar-refractivity contribution is -0.129. The van der Waals surface area contributed by atoms with Gasteiger partial charge in [-0.1, -0.05) is 54.1 Å². The lowest BCUT2D eigenvalue weighted by atomic mass is 9.88. The van der Waals surface area contributed by atoms with E-state index in [0.29, 0.717) is 38.0 Å². The zero-order valence-electron chi connectivity index (χ0n) is 28.7. The number of aryl methyl sites for hydroxylation is 3. The van der Waals surface area contributed by atoms with Crippen LogP contribution in [0.2, 0.25) is 5.02 Å². The third-order valence-corrected chi connectivity index (χ3v) is 9.25. The summed E-state index contributed by atoms with van der Waals surface area (Å²) in [5.41, 5.74) is 7.16. The number of nitrogens with one attached hydrogen (secondary N) is 1.